The fourth-order valence-electron chi connectivity index (χ4n) is 2.91. The predicted molar refractivity (Wildman–Crippen MR) is 103 cm³/mol. The molecule has 0 saturated carbocycles. The zero-order chi connectivity index (χ0) is 18.4. The van der Waals surface area contributed by atoms with Crippen molar-refractivity contribution in [3.05, 3.63) is 59.9 Å². The van der Waals surface area contributed by atoms with Gasteiger partial charge < -0.3 is 15.4 Å². The largest absolute Gasteiger partial charge is 0.383 e. The maximum atomic E-state index is 12.3. The second kappa shape index (κ2) is 8.60. The summed E-state index contributed by atoms with van der Waals surface area (Å²) >= 11 is 0. The van der Waals surface area contributed by atoms with Gasteiger partial charge in [-0.15, -0.1) is 0 Å². The molecule has 0 bridgehead atoms. The summed E-state index contributed by atoms with van der Waals surface area (Å²) in [6.07, 6.45) is 0. The van der Waals surface area contributed by atoms with Crippen molar-refractivity contribution in [2.75, 3.05) is 33.4 Å². The molecule has 0 aliphatic rings. The van der Waals surface area contributed by atoms with Crippen LogP contribution in [0.1, 0.15) is 16.2 Å². The Morgan fingerprint density at radius 2 is 1.92 bits per heavy atom. The molecule has 0 spiro atoms. The van der Waals surface area contributed by atoms with Gasteiger partial charge >= 0.3 is 0 Å². The van der Waals surface area contributed by atoms with E-state index >= 15 is 0 Å². The second-order valence-electron chi connectivity index (χ2n) is 6.03. The highest BCUT2D eigenvalue weighted by Gasteiger charge is 2.12. The number of aryl methyl sites for hydroxylation is 1. The molecule has 0 saturated heterocycles. The van der Waals surface area contributed by atoms with E-state index in [9.17, 15) is 4.79 Å². The van der Waals surface area contributed by atoms with Crippen LogP contribution in [-0.2, 0) is 4.74 Å². The number of benzene rings is 2. The summed E-state index contributed by atoms with van der Waals surface area (Å²) in [6, 6.07) is 15.7. The normalized spacial score (nSPS) is 11.0. The first-order chi connectivity index (χ1) is 12.7. The number of hydrogen-bond donors (Lipinski definition) is 2. The molecule has 2 aromatic carbocycles. The Hall–Kier alpha value is -2.70. The van der Waals surface area contributed by atoms with Crippen molar-refractivity contribution in [3.8, 4) is 5.69 Å². The fraction of sp³-hybridized carbons (Fsp3) is 0.300. The lowest BCUT2D eigenvalue weighted by molar-refractivity contribution is 0.0954. The number of para-hydroxylation sites is 1. The van der Waals surface area contributed by atoms with E-state index in [4.69, 9.17) is 4.74 Å². The zero-order valence-electron chi connectivity index (χ0n) is 15.2. The molecule has 0 atom stereocenters. The number of aromatic nitrogens is 2. The van der Waals surface area contributed by atoms with E-state index in [1.165, 1.54) is 0 Å². The molecule has 0 fully saturated rings. The van der Waals surface area contributed by atoms with Crippen LogP contribution in [0, 0.1) is 6.92 Å². The van der Waals surface area contributed by atoms with Crippen LogP contribution in [-0.4, -0.2) is 48.8 Å². The minimum Gasteiger partial charge on any atom is -0.383 e. The standard InChI is InChI=1S/C20H24N4O2/c1-15-23-18-14-16(20(25)22-11-10-21-12-13-26-2)8-9-19(18)24(15)17-6-4-3-5-7-17/h3-9,14,21H,10-13H2,1-2H3,(H,22,25). The zero-order valence-corrected chi connectivity index (χ0v) is 15.2. The smallest absolute Gasteiger partial charge is 0.251 e. The van der Waals surface area contributed by atoms with Gasteiger partial charge in [0.15, 0.2) is 0 Å². The van der Waals surface area contributed by atoms with E-state index < -0.39 is 0 Å². The number of fused-ring (bicyclic) bond motifs is 1. The summed E-state index contributed by atoms with van der Waals surface area (Å²) in [5.74, 6) is 0.804. The minimum atomic E-state index is -0.0904. The van der Waals surface area contributed by atoms with Gasteiger partial charge in [0.25, 0.3) is 5.91 Å². The Kier molecular flexibility index (Phi) is 5.99. The van der Waals surface area contributed by atoms with E-state index in [2.05, 4.69) is 20.2 Å². The van der Waals surface area contributed by atoms with Crippen molar-refractivity contribution in [1.29, 1.82) is 0 Å². The fourth-order valence-corrected chi connectivity index (χ4v) is 2.91. The maximum absolute atomic E-state index is 12.3. The Morgan fingerprint density at radius 1 is 1.12 bits per heavy atom. The molecule has 1 heterocycles. The van der Waals surface area contributed by atoms with Gasteiger partial charge in [-0.2, -0.15) is 0 Å². The first-order valence-corrected chi connectivity index (χ1v) is 8.73. The number of imidazole rings is 1. The Labute approximate surface area is 153 Å². The van der Waals surface area contributed by atoms with Crippen LogP contribution in [0.3, 0.4) is 0 Å². The van der Waals surface area contributed by atoms with Crippen molar-refractivity contribution in [1.82, 2.24) is 20.2 Å². The van der Waals surface area contributed by atoms with Gasteiger partial charge in [-0.05, 0) is 37.3 Å². The summed E-state index contributed by atoms with van der Waals surface area (Å²) in [5.41, 5.74) is 3.49. The van der Waals surface area contributed by atoms with E-state index in [-0.39, 0.29) is 5.91 Å². The van der Waals surface area contributed by atoms with Gasteiger partial charge in [0, 0.05) is 38.0 Å². The van der Waals surface area contributed by atoms with Crippen molar-refractivity contribution >= 4 is 16.9 Å². The molecule has 6 nitrogen and oxygen atoms in total. The molecular formula is C20H24N4O2. The number of rotatable bonds is 8. The number of nitrogens with one attached hydrogen (secondary N) is 2. The van der Waals surface area contributed by atoms with E-state index in [0.29, 0.717) is 25.3 Å². The quantitative estimate of drug-likeness (QED) is 0.611. The van der Waals surface area contributed by atoms with Crippen molar-refractivity contribution < 1.29 is 9.53 Å². The molecule has 3 aromatic rings. The summed E-state index contributed by atoms with van der Waals surface area (Å²) in [6.45, 7) is 4.68. The van der Waals surface area contributed by atoms with Gasteiger partial charge in [0.05, 0.1) is 17.6 Å². The summed E-state index contributed by atoms with van der Waals surface area (Å²) in [5, 5.41) is 6.11. The van der Waals surface area contributed by atoms with Gasteiger partial charge in [0.2, 0.25) is 0 Å². The van der Waals surface area contributed by atoms with Gasteiger partial charge in [-0.25, -0.2) is 4.98 Å². The monoisotopic (exact) mass is 352 g/mol. The van der Waals surface area contributed by atoms with Gasteiger partial charge in [0.1, 0.15) is 5.82 Å². The lowest BCUT2D eigenvalue weighted by atomic mass is 10.2. The number of methoxy groups -OCH3 is 1. The summed E-state index contributed by atoms with van der Waals surface area (Å²) in [4.78, 5) is 17.0. The highest BCUT2D eigenvalue weighted by molar-refractivity contribution is 5.97. The van der Waals surface area contributed by atoms with E-state index in [1.54, 1.807) is 7.11 Å². The molecule has 1 amide bonds. The van der Waals surface area contributed by atoms with Crippen LogP contribution in [0.25, 0.3) is 16.7 Å². The van der Waals surface area contributed by atoms with Crippen LogP contribution in [0.4, 0.5) is 0 Å². The summed E-state index contributed by atoms with van der Waals surface area (Å²) in [7, 11) is 1.67. The predicted octanol–water partition coefficient (Wildman–Crippen LogP) is 2.30. The van der Waals surface area contributed by atoms with Crippen molar-refractivity contribution in [2.45, 2.75) is 6.92 Å². The van der Waals surface area contributed by atoms with E-state index in [1.807, 2.05) is 55.5 Å². The average Bonchev–Trinajstić information content (AvgIpc) is 3.00. The Bertz CT molecular complexity index is 874. The third-order valence-electron chi connectivity index (χ3n) is 4.17. The van der Waals surface area contributed by atoms with Crippen LogP contribution in [0.2, 0.25) is 0 Å². The molecule has 0 unspecified atom stereocenters. The number of carbonyl (C=O) groups excluding carboxylic acids is 1. The third kappa shape index (κ3) is 4.09. The minimum absolute atomic E-state index is 0.0904. The number of ether oxygens (including phenoxy) is 1. The third-order valence-corrected chi connectivity index (χ3v) is 4.17. The van der Waals surface area contributed by atoms with Crippen LogP contribution >= 0.6 is 0 Å². The maximum Gasteiger partial charge on any atom is 0.251 e. The highest BCUT2D eigenvalue weighted by Crippen LogP contribution is 2.22. The first kappa shape index (κ1) is 18.1. The molecule has 0 radical (unpaired) electrons. The van der Waals surface area contributed by atoms with Crippen LogP contribution in [0.5, 0.6) is 0 Å². The number of carbonyl (C=O) groups is 1. The van der Waals surface area contributed by atoms with Crippen molar-refractivity contribution in [2.24, 2.45) is 0 Å². The molecule has 6 heteroatoms. The van der Waals surface area contributed by atoms with Crippen LogP contribution in [0.15, 0.2) is 48.5 Å². The second-order valence-corrected chi connectivity index (χ2v) is 6.03. The lowest BCUT2D eigenvalue weighted by Gasteiger charge is -2.08. The Balaban J connectivity index is 1.71. The molecule has 2 N–H and O–H groups in total. The molecule has 26 heavy (non-hydrogen) atoms. The average molecular weight is 352 g/mol. The molecule has 3 rings (SSSR count). The molecule has 136 valence electrons. The Morgan fingerprint density at radius 3 is 2.69 bits per heavy atom. The number of nitrogens with zero attached hydrogens (tertiary/aromatic N) is 2. The molecule has 0 aliphatic carbocycles. The van der Waals surface area contributed by atoms with Crippen molar-refractivity contribution in [3.63, 3.8) is 0 Å². The van der Waals surface area contributed by atoms with Gasteiger partial charge in [-0.1, -0.05) is 18.2 Å². The highest BCUT2D eigenvalue weighted by atomic mass is 16.5. The van der Waals surface area contributed by atoms with Crippen LogP contribution < -0.4 is 10.6 Å². The lowest BCUT2D eigenvalue weighted by Crippen LogP contribution is -2.33. The number of hydrogen-bond acceptors (Lipinski definition) is 4. The SMILES string of the molecule is COCCNCCNC(=O)c1ccc2c(c1)nc(C)n2-c1ccccc1. The molecule has 1 aromatic heterocycles. The summed E-state index contributed by atoms with van der Waals surface area (Å²) < 4.78 is 7.06. The topological polar surface area (TPSA) is 68.2 Å². The molecule has 0 aliphatic heterocycles. The number of amides is 1. The molecular weight excluding hydrogens is 328 g/mol. The van der Waals surface area contributed by atoms with E-state index in [0.717, 1.165) is 29.1 Å². The van der Waals surface area contributed by atoms with Gasteiger partial charge in [-0.3, -0.25) is 9.36 Å². The first-order valence-electron chi connectivity index (χ1n) is 8.73.